The van der Waals surface area contributed by atoms with E-state index in [9.17, 15) is 13.2 Å². The number of aliphatic hydroxyl groups excluding tert-OH is 2. The molecule has 4 nitrogen and oxygen atoms in total. The third-order valence-corrected chi connectivity index (χ3v) is 1.43. The lowest BCUT2D eigenvalue weighted by Gasteiger charge is -2.02. The lowest BCUT2D eigenvalue weighted by atomic mass is 10.2. The van der Waals surface area contributed by atoms with E-state index in [0.29, 0.717) is 0 Å². The number of hydrogen-bond donors (Lipinski definition) is 2. The van der Waals surface area contributed by atoms with E-state index in [2.05, 4.69) is 9.68 Å². The Hall–Kier alpha value is -1.08. The predicted molar refractivity (Wildman–Crippen MR) is 33.4 cm³/mol. The number of alkyl halides is 3. The second kappa shape index (κ2) is 3.35. The highest BCUT2D eigenvalue weighted by molar-refractivity contribution is 5.23. The van der Waals surface area contributed by atoms with Gasteiger partial charge in [-0.3, -0.25) is 0 Å². The molecule has 1 heterocycles. The van der Waals surface area contributed by atoms with Crippen LogP contribution in [0, 0.1) is 0 Å². The summed E-state index contributed by atoms with van der Waals surface area (Å²) in [6.07, 6.45) is -4.70. The van der Waals surface area contributed by atoms with Crippen molar-refractivity contribution in [1.82, 2.24) is 5.16 Å². The van der Waals surface area contributed by atoms with Gasteiger partial charge in [-0.2, -0.15) is 13.2 Å². The highest BCUT2D eigenvalue weighted by Crippen LogP contribution is 2.33. The summed E-state index contributed by atoms with van der Waals surface area (Å²) in [7, 11) is 0. The van der Waals surface area contributed by atoms with Gasteiger partial charge in [-0.1, -0.05) is 5.16 Å². The standard InChI is InChI=1S/C6H6F3NO3/c7-6(8,9)5-3(1-11)4(2-12)10-13-5/h11-12H,1-2H2. The van der Waals surface area contributed by atoms with Crippen LogP contribution in [0.2, 0.25) is 0 Å². The third kappa shape index (κ3) is 1.81. The largest absolute Gasteiger partial charge is 0.452 e. The van der Waals surface area contributed by atoms with Crippen molar-refractivity contribution in [2.75, 3.05) is 0 Å². The molecule has 7 heteroatoms. The lowest BCUT2D eigenvalue weighted by molar-refractivity contribution is -0.156. The van der Waals surface area contributed by atoms with E-state index in [-0.39, 0.29) is 5.69 Å². The van der Waals surface area contributed by atoms with Crippen LogP contribution in [0.5, 0.6) is 0 Å². The van der Waals surface area contributed by atoms with E-state index in [4.69, 9.17) is 10.2 Å². The van der Waals surface area contributed by atoms with Crippen LogP contribution in [0.15, 0.2) is 4.52 Å². The van der Waals surface area contributed by atoms with E-state index in [1.807, 2.05) is 0 Å². The topological polar surface area (TPSA) is 66.5 Å². The molecule has 0 aromatic carbocycles. The Balaban J connectivity index is 3.16. The summed E-state index contributed by atoms with van der Waals surface area (Å²) in [6, 6.07) is 0. The smallest absolute Gasteiger partial charge is 0.391 e. The van der Waals surface area contributed by atoms with Gasteiger partial charge in [0.15, 0.2) is 0 Å². The molecule has 2 N–H and O–H groups in total. The first-order valence-corrected chi connectivity index (χ1v) is 3.27. The van der Waals surface area contributed by atoms with E-state index in [1.165, 1.54) is 0 Å². The van der Waals surface area contributed by atoms with Gasteiger partial charge in [-0.15, -0.1) is 0 Å². The maximum atomic E-state index is 12.1. The van der Waals surface area contributed by atoms with Gasteiger partial charge in [0, 0.05) is 0 Å². The number of aromatic nitrogens is 1. The van der Waals surface area contributed by atoms with Crippen LogP contribution < -0.4 is 0 Å². The monoisotopic (exact) mass is 197 g/mol. The number of rotatable bonds is 2. The Labute approximate surface area is 70.6 Å². The number of aliphatic hydroxyl groups is 2. The summed E-state index contributed by atoms with van der Waals surface area (Å²) in [5.74, 6) is -1.36. The molecular weight excluding hydrogens is 191 g/mol. The van der Waals surface area contributed by atoms with E-state index < -0.39 is 30.7 Å². The molecule has 0 aliphatic carbocycles. The van der Waals surface area contributed by atoms with Crippen LogP contribution in [0.1, 0.15) is 17.0 Å². The average molecular weight is 197 g/mol. The minimum atomic E-state index is -4.70. The maximum absolute atomic E-state index is 12.1. The molecule has 1 aromatic rings. The van der Waals surface area contributed by atoms with Gasteiger partial charge >= 0.3 is 6.18 Å². The summed E-state index contributed by atoms with van der Waals surface area (Å²) >= 11 is 0. The van der Waals surface area contributed by atoms with Crippen molar-refractivity contribution in [2.45, 2.75) is 19.4 Å². The fourth-order valence-corrected chi connectivity index (χ4v) is 0.852. The molecule has 0 saturated heterocycles. The normalized spacial score (nSPS) is 12.1. The minimum Gasteiger partial charge on any atom is -0.391 e. The molecule has 13 heavy (non-hydrogen) atoms. The Morgan fingerprint density at radius 2 is 1.85 bits per heavy atom. The molecule has 0 aliphatic heterocycles. The van der Waals surface area contributed by atoms with Gasteiger partial charge in [0.05, 0.1) is 18.8 Å². The van der Waals surface area contributed by atoms with Crippen LogP contribution in [0.25, 0.3) is 0 Å². The fourth-order valence-electron chi connectivity index (χ4n) is 0.852. The molecule has 0 atom stereocenters. The summed E-state index contributed by atoms with van der Waals surface area (Å²) in [4.78, 5) is 0. The van der Waals surface area contributed by atoms with Crippen molar-refractivity contribution in [2.24, 2.45) is 0 Å². The summed E-state index contributed by atoms with van der Waals surface area (Å²) in [6.45, 7) is -1.57. The van der Waals surface area contributed by atoms with Gasteiger partial charge in [0.25, 0.3) is 0 Å². The molecule has 0 unspecified atom stereocenters. The van der Waals surface area contributed by atoms with Gasteiger partial charge in [-0.25, -0.2) is 0 Å². The molecule has 0 bridgehead atoms. The zero-order chi connectivity index (χ0) is 10.1. The van der Waals surface area contributed by atoms with Crippen LogP contribution in [0.3, 0.4) is 0 Å². The first-order valence-electron chi connectivity index (χ1n) is 3.27. The van der Waals surface area contributed by atoms with Crippen molar-refractivity contribution in [1.29, 1.82) is 0 Å². The minimum absolute atomic E-state index is 0.296. The first-order chi connectivity index (χ1) is 6.00. The second-order valence-corrected chi connectivity index (χ2v) is 2.25. The van der Waals surface area contributed by atoms with Crippen molar-refractivity contribution < 1.29 is 27.9 Å². The SMILES string of the molecule is OCc1noc(C(F)(F)F)c1CO. The Morgan fingerprint density at radius 1 is 1.23 bits per heavy atom. The van der Waals surface area contributed by atoms with Crippen molar-refractivity contribution in [3.05, 3.63) is 17.0 Å². The van der Waals surface area contributed by atoms with Crippen LogP contribution in [-0.2, 0) is 19.4 Å². The summed E-state index contributed by atoms with van der Waals surface area (Å²) in [5.41, 5.74) is -0.815. The number of hydrogen-bond acceptors (Lipinski definition) is 4. The number of nitrogens with zero attached hydrogens (tertiary/aromatic N) is 1. The van der Waals surface area contributed by atoms with E-state index >= 15 is 0 Å². The number of halogens is 3. The van der Waals surface area contributed by atoms with Crippen molar-refractivity contribution in [3.63, 3.8) is 0 Å². The summed E-state index contributed by atoms with van der Waals surface area (Å²) < 4.78 is 40.1. The lowest BCUT2D eigenvalue weighted by Crippen LogP contribution is -2.07. The molecule has 0 spiro atoms. The molecule has 0 aliphatic rings. The van der Waals surface area contributed by atoms with Crippen molar-refractivity contribution >= 4 is 0 Å². The zero-order valence-electron chi connectivity index (χ0n) is 6.30. The summed E-state index contributed by atoms with van der Waals surface area (Å²) in [5, 5.41) is 20.1. The molecule has 1 aromatic heterocycles. The van der Waals surface area contributed by atoms with Gasteiger partial charge in [-0.05, 0) is 0 Å². The van der Waals surface area contributed by atoms with Gasteiger partial charge in [0.1, 0.15) is 5.69 Å². The molecule has 74 valence electrons. The Bertz CT molecular complexity index is 294. The molecule has 0 saturated carbocycles. The van der Waals surface area contributed by atoms with Crippen molar-refractivity contribution in [3.8, 4) is 0 Å². The Kier molecular flexibility index (Phi) is 2.58. The third-order valence-electron chi connectivity index (χ3n) is 1.43. The molecular formula is C6H6F3NO3. The molecule has 0 radical (unpaired) electrons. The first kappa shape index (κ1) is 10.0. The van der Waals surface area contributed by atoms with Crippen LogP contribution >= 0.6 is 0 Å². The maximum Gasteiger partial charge on any atom is 0.452 e. The highest BCUT2D eigenvalue weighted by Gasteiger charge is 2.39. The van der Waals surface area contributed by atoms with Gasteiger partial charge < -0.3 is 14.7 Å². The van der Waals surface area contributed by atoms with Crippen LogP contribution in [0.4, 0.5) is 13.2 Å². The second-order valence-electron chi connectivity index (χ2n) is 2.25. The van der Waals surface area contributed by atoms with E-state index in [0.717, 1.165) is 0 Å². The fraction of sp³-hybridized carbons (Fsp3) is 0.500. The van der Waals surface area contributed by atoms with Gasteiger partial charge in [0.2, 0.25) is 5.76 Å². The highest BCUT2D eigenvalue weighted by atomic mass is 19.4. The quantitative estimate of drug-likeness (QED) is 0.731. The predicted octanol–water partition coefficient (Wildman–Crippen LogP) is 0.678. The Morgan fingerprint density at radius 3 is 2.23 bits per heavy atom. The van der Waals surface area contributed by atoms with Crippen LogP contribution in [-0.4, -0.2) is 15.4 Å². The zero-order valence-corrected chi connectivity index (χ0v) is 6.30. The average Bonchev–Trinajstić information content (AvgIpc) is 2.45. The molecule has 1 rings (SSSR count). The molecule has 0 fully saturated rings. The van der Waals surface area contributed by atoms with E-state index in [1.54, 1.807) is 0 Å². The molecule has 0 amide bonds.